The summed E-state index contributed by atoms with van der Waals surface area (Å²) in [5, 5.41) is 0. The largest absolute Gasteiger partial charge is 0.392 e. The Morgan fingerprint density at radius 3 is 2.00 bits per heavy atom. The molecule has 1 amide bonds. The second kappa shape index (κ2) is 6.39. The van der Waals surface area contributed by atoms with Crippen molar-refractivity contribution in [1.29, 1.82) is 0 Å². The van der Waals surface area contributed by atoms with Gasteiger partial charge < -0.3 is 15.5 Å². The molecule has 1 rings (SSSR count). The van der Waals surface area contributed by atoms with Gasteiger partial charge in [-0.1, -0.05) is 26.1 Å². The molecule has 0 spiro atoms. The fraction of sp³-hybridized carbons (Fsp3) is 0.867. The lowest BCUT2D eigenvalue weighted by Crippen LogP contribution is -2.59. The van der Waals surface area contributed by atoms with Crippen molar-refractivity contribution in [2.45, 2.75) is 51.5 Å². The number of nitrogens with two attached hydrogens (primary N) is 1. The summed E-state index contributed by atoms with van der Waals surface area (Å²) in [7, 11) is 6.07. The SMILES string of the molecule is CCC(CC)(C(=O)N(C)CC1(N(C)C)CCC1)C(N)=S. The van der Waals surface area contributed by atoms with Gasteiger partial charge in [-0.3, -0.25) is 4.79 Å². The minimum Gasteiger partial charge on any atom is -0.392 e. The summed E-state index contributed by atoms with van der Waals surface area (Å²) < 4.78 is 0. The van der Waals surface area contributed by atoms with E-state index in [2.05, 4.69) is 19.0 Å². The summed E-state index contributed by atoms with van der Waals surface area (Å²) in [6.45, 7) is 4.72. The van der Waals surface area contributed by atoms with E-state index in [1.54, 1.807) is 0 Å². The van der Waals surface area contributed by atoms with Gasteiger partial charge in [0, 0.05) is 19.1 Å². The fourth-order valence-corrected chi connectivity index (χ4v) is 3.59. The van der Waals surface area contributed by atoms with Crippen LogP contribution in [0.4, 0.5) is 0 Å². The molecule has 0 bridgehead atoms. The van der Waals surface area contributed by atoms with E-state index < -0.39 is 5.41 Å². The van der Waals surface area contributed by atoms with Crippen molar-refractivity contribution >= 4 is 23.1 Å². The zero-order valence-corrected chi connectivity index (χ0v) is 14.3. The molecule has 0 heterocycles. The Kier molecular flexibility index (Phi) is 5.55. The van der Waals surface area contributed by atoms with Crippen LogP contribution in [-0.2, 0) is 4.79 Å². The zero-order chi connectivity index (χ0) is 15.6. The Balaban J connectivity index is 2.88. The van der Waals surface area contributed by atoms with Crippen LogP contribution in [0.25, 0.3) is 0 Å². The Morgan fingerprint density at radius 2 is 1.75 bits per heavy atom. The number of likely N-dealkylation sites (N-methyl/N-ethyl adjacent to an activating group) is 2. The number of rotatable bonds is 7. The van der Waals surface area contributed by atoms with Crippen LogP contribution in [0.3, 0.4) is 0 Å². The Hall–Kier alpha value is -0.680. The predicted molar refractivity (Wildman–Crippen MR) is 87.7 cm³/mol. The normalized spacial score (nSPS) is 17.7. The van der Waals surface area contributed by atoms with Crippen LogP contribution in [0, 0.1) is 5.41 Å². The Morgan fingerprint density at radius 1 is 1.25 bits per heavy atom. The first kappa shape index (κ1) is 17.4. The van der Waals surface area contributed by atoms with E-state index in [0.717, 1.165) is 19.4 Å². The average Bonchev–Trinajstić information content (AvgIpc) is 2.34. The molecule has 0 atom stereocenters. The molecule has 0 aromatic rings. The lowest BCUT2D eigenvalue weighted by atomic mass is 9.74. The van der Waals surface area contributed by atoms with Crippen molar-refractivity contribution in [3.8, 4) is 0 Å². The van der Waals surface area contributed by atoms with Crippen molar-refractivity contribution in [3.05, 3.63) is 0 Å². The van der Waals surface area contributed by atoms with Crippen LogP contribution in [0.15, 0.2) is 0 Å². The molecule has 0 radical (unpaired) electrons. The molecule has 116 valence electrons. The summed E-state index contributed by atoms with van der Waals surface area (Å²) >= 11 is 5.18. The van der Waals surface area contributed by atoms with Crippen LogP contribution in [0.5, 0.6) is 0 Å². The molecular formula is C15H29N3OS. The van der Waals surface area contributed by atoms with Crippen LogP contribution < -0.4 is 5.73 Å². The van der Waals surface area contributed by atoms with Gasteiger partial charge >= 0.3 is 0 Å². The lowest BCUT2D eigenvalue weighted by molar-refractivity contribution is -0.140. The third-order valence-corrected chi connectivity index (χ3v) is 5.59. The van der Waals surface area contributed by atoms with Crippen molar-refractivity contribution in [1.82, 2.24) is 9.80 Å². The summed E-state index contributed by atoms with van der Waals surface area (Å²) in [5.41, 5.74) is 5.33. The van der Waals surface area contributed by atoms with Crippen molar-refractivity contribution in [2.75, 3.05) is 27.7 Å². The molecule has 0 saturated heterocycles. The van der Waals surface area contributed by atoms with E-state index in [9.17, 15) is 4.79 Å². The van der Waals surface area contributed by atoms with Gasteiger partial charge in [-0.2, -0.15) is 0 Å². The highest BCUT2D eigenvalue weighted by molar-refractivity contribution is 7.80. The molecule has 4 nitrogen and oxygen atoms in total. The molecule has 0 unspecified atom stereocenters. The van der Waals surface area contributed by atoms with E-state index in [4.69, 9.17) is 18.0 Å². The second-order valence-electron chi connectivity index (χ2n) is 6.29. The highest BCUT2D eigenvalue weighted by Gasteiger charge is 2.45. The van der Waals surface area contributed by atoms with E-state index in [1.807, 2.05) is 25.8 Å². The fourth-order valence-electron chi connectivity index (χ4n) is 3.22. The molecular weight excluding hydrogens is 270 g/mol. The van der Waals surface area contributed by atoms with Crippen molar-refractivity contribution in [3.63, 3.8) is 0 Å². The highest BCUT2D eigenvalue weighted by atomic mass is 32.1. The number of thiocarbonyl (C=S) groups is 1. The molecule has 0 aromatic heterocycles. The molecule has 2 N–H and O–H groups in total. The third kappa shape index (κ3) is 2.84. The summed E-state index contributed by atoms with van der Waals surface area (Å²) in [5.74, 6) is 0.0723. The molecule has 5 heteroatoms. The predicted octanol–water partition coefficient (Wildman–Crippen LogP) is 2.02. The van der Waals surface area contributed by atoms with Crippen LogP contribution >= 0.6 is 12.2 Å². The highest BCUT2D eigenvalue weighted by Crippen LogP contribution is 2.38. The quantitative estimate of drug-likeness (QED) is 0.731. The van der Waals surface area contributed by atoms with E-state index in [-0.39, 0.29) is 11.4 Å². The first-order valence-electron chi connectivity index (χ1n) is 7.48. The third-order valence-electron chi connectivity index (χ3n) is 5.20. The first-order valence-corrected chi connectivity index (χ1v) is 7.89. The van der Waals surface area contributed by atoms with Gasteiger partial charge in [0.25, 0.3) is 0 Å². The molecule has 1 fully saturated rings. The second-order valence-corrected chi connectivity index (χ2v) is 6.73. The van der Waals surface area contributed by atoms with E-state index in [1.165, 1.54) is 6.42 Å². The Bertz CT molecular complexity index is 373. The molecule has 20 heavy (non-hydrogen) atoms. The number of nitrogens with zero attached hydrogens (tertiary/aromatic N) is 2. The van der Waals surface area contributed by atoms with Gasteiger partial charge in [0.1, 0.15) is 0 Å². The number of hydrogen-bond donors (Lipinski definition) is 1. The van der Waals surface area contributed by atoms with Gasteiger partial charge in [-0.25, -0.2) is 0 Å². The maximum absolute atomic E-state index is 12.8. The van der Waals surface area contributed by atoms with Gasteiger partial charge in [0.05, 0.1) is 10.4 Å². The maximum atomic E-state index is 12.8. The van der Waals surface area contributed by atoms with Crippen molar-refractivity contribution < 1.29 is 4.79 Å². The monoisotopic (exact) mass is 299 g/mol. The standard InChI is InChI=1S/C15H29N3OS/c1-6-15(7-2,12(16)20)13(19)18(5)11-14(17(3)4)9-8-10-14/h6-11H2,1-5H3,(H2,16,20). The molecule has 1 saturated carbocycles. The molecule has 1 aliphatic carbocycles. The summed E-state index contributed by atoms with van der Waals surface area (Å²) in [4.78, 5) is 17.3. The van der Waals surface area contributed by atoms with Gasteiger partial charge in [0.2, 0.25) is 5.91 Å². The van der Waals surface area contributed by atoms with Crippen LogP contribution in [0.1, 0.15) is 46.0 Å². The number of carbonyl (C=O) groups excluding carboxylic acids is 1. The number of amides is 1. The van der Waals surface area contributed by atoms with Gasteiger partial charge in [0.15, 0.2) is 0 Å². The minimum absolute atomic E-state index is 0.0723. The first-order chi connectivity index (χ1) is 9.25. The molecule has 0 aromatic carbocycles. The van der Waals surface area contributed by atoms with Gasteiger partial charge in [-0.15, -0.1) is 0 Å². The summed E-state index contributed by atoms with van der Waals surface area (Å²) in [6, 6.07) is 0. The Labute approximate surface area is 128 Å². The van der Waals surface area contributed by atoms with Crippen LogP contribution in [0.2, 0.25) is 0 Å². The van der Waals surface area contributed by atoms with Crippen LogP contribution in [-0.4, -0.2) is 53.9 Å². The average molecular weight is 299 g/mol. The number of hydrogen-bond acceptors (Lipinski definition) is 3. The lowest BCUT2D eigenvalue weighted by Gasteiger charge is -2.50. The van der Waals surface area contributed by atoms with Gasteiger partial charge in [-0.05, 0) is 46.2 Å². The molecule has 1 aliphatic rings. The van der Waals surface area contributed by atoms with E-state index >= 15 is 0 Å². The maximum Gasteiger partial charge on any atom is 0.235 e. The zero-order valence-electron chi connectivity index (χ0n) is 13.5. The summed E-state index contributed by atoms with van der Waals surface area (Å²) in [6.07, 6.45) is 4.86. The molecule has 0 aliphatic heterocycles. The number of carbonyl (C=O) groups is 1. The minimum atomic E-state index is -0.679. The van der Waals surface area contributed by atoms with E-state index in [0.29, 0.717) is 17.8 Å². The smallest absolute Gasteiger partial charge is 0.235 e. The topological polar surface area (TPSA) is 49.6 Å². The van der Waals surface area contributed by atoms with Crippen molar-refractivity contribution in [2.24, 2.45) is 11.1 Å².